The van der Waals surface area contributed by atoms with E-state index >= 15 is 0 Å². The Balaban J connectivity index is 1.60. The maximum Gasteiger partial charge on any atom is 0.387 e. The average molecular weight is 454 g/mol. The first-order chi connectivity index (χ1) is 15.8. The highest BCUT2D eigenvalue weighted by molar-refractivity contribution is 5.97. The number of amides is 1. The quantitative estimate of drug-likeness (QED) is 0.455. The van der Waals surface area contributed by atoms with Gasteiger partial charge in [-0.3, -0.25) is 14.6 Å². The molecule has 10 heteroatoms. The van der Waals surface area contributed by atoms with Crippen LogP contribution in [0.25, 0.3) is 22.3 Å². The number of benzene rings is 1. The molecule has 0 aliphatic carbocycles. The molecular formula is C23H17F3N4O3. The van der Waals surface area contributed by atoms with Gasteiger partial charge >= 0.3 is 6.61 Å². The maximum atomic E-state index is 13.1. The molecule has 4 rings (SSSR count). The van der Waals surface area contributed by atoms with Crippen LogP contribution in [0.4, 0.5) is 13.2 Å². The summed E-state index contributed by atoms with van der Waals surface area (Å²) in [6, 6.07) is 11.1. The van der Waals surface area contributed by atoms with Crippen molar-refractivity contribution in [3.63, 3.8) is 0 Å². The lowest BCUT2D eigenvalue weighted by atomic mass is 10.1. The summed E-state index contributed by atoms with van der Waals surface area (Å²) in [4.78, 5) is 36.0. The van der Waals surface area contributed by atoms with Gasteiger partial charge in [-0.25, -0.2) is 9.37 Å². The van der Waals surface area contributed by atoms with E-state index in [4.69, 9.17) is 0 Å². The highest BCUT2D eigenvalue weighted by Gasteiger charge is 2.16. The lowest BCUT2D eigenvalue weighted by Crippen LogP contribution is -2.31. The molecule has 0 bridgehead atoms. The number of carbonyl (C=O) groups is 1. The van der Waals surface area contributed by atoms with Gasteiger partial charge in [-0.05, 0) is 48.9 Å². The number of aromatic amines is 1. The van der Waals surface area contributed by atoms with Crippen LogP contribution >= 0.6 is 0 Å². The summed E-state index contributed by atoms with van der Waals surface area (Å²) in [6.45, 7) is -1.24. The van der Waals surface area contributed by atoms with Gasteiger partial charge in [0.15, 0.2) is 0 Å². The number of alkyl halides is 2. The van der Waals surface area contributed by atoms with Gasteiger partial charge in [-0.2, -0.15) is 8.78 Å². The molecule has 168 valence electrons. The Bertz CT molecular complexity index is 1360. The van der Waals surface area contributed by atoms with Crippen molar-refractivity contribution in [1.82, 2.24) is 20.3 Å². The fourth-order valence-corrected chi connectivity index (χ4v) is 3.23. The highest BCUT2D eigenvalue weighted by Crippen LogP contribution is 2.23. The van der Waals surface area contributed by atoms with Crippen LogP contribution in [0.5, 0.6) is 5.75 Å². The van der Waals surface area contributed by atoms with Crippen molar-refractivity contribution in [3.05, 3.63) is 88.2 Å². The Morgan fingerprint density at radius 2 is 1.82 bits per heavy atom. The molecule has 1 atom stereocenters. The molecule has 1 unspecified atom stereocenters. The van der Waals surface area contributed by atoms with Gasteiger partial charge in [0.1, 0.15) is 22.8 Å². The SMILES string of the molecule is CC(NC(=O)c1cc2cc(-c3ccc(OC(F)F)cn3)cnc2[nH]c1=O)c1ccc(F)cc1. The third kappa shape index (κ3) is 5.00. The Labute approximate surface area is 185 Å². The summed E-state index contributed by atoms with van der Waals surface area (Å²) < 4.78 is 42.0. The lowest BCUT2D eigenvalue weighted by Gasteiger charge is -2.14. The summed E-state index contributed by atoms with van der Waals surface area (Å²) in [7, 11) is 0. The predicted molar refractivity (Wildman–Crippen MR) is 115 cm³/mol. The van der Waals surface area contributed by atoms with Gasteiger partial charge in [-0.1, -0.05) is 12.1 Å². The van der Waals surface area contributed by atoms with Gasteiger partial charge < -0.3 is 15.0 Å². The third-order valence-electron chi connectivity index (χ3n) is 4.91. The zero-order valence-electron chi connectivity index (χ0n) is 17.2. The largest absolute Gasteiger partial charge is 0.433 e. The van der Waals surface area contributed by atoms with Crippen LogP contribution in [0, 0.1) is 5.82 Å². The van der Waals surface area contributed by atoms with Crippen LogP contribution < -0.4 is 15.6 Å². The monoisotopic (exact) mass is 454 g/mol. The number of fused-ring (bicyclic) bond motifs is 1. The molecule has 7 nitrogen and oxygen atoms in total. The lowest BCUT2D eigenvalue weighted by molar-refractivity contribution is -0.0500. The van der Waals surface area contributed by atoms with Gasteiger partial charge in [-0.15, -0.1) is 0 Å². The zero-order valence-corrected chi connectivity index (χ0v) is 17.2. The third-order valence-corrected chi connectivity index (χ3v) is 4.91. The van der Waals surface area contributed by atoms with Crippen LogP contribution in [0.1, 0.15) is 28.9 Å². The van der Waals surface area contributed by atoms with Gasteiger partial charge in [0.2, 0.25) is 0 Å². The molecule has 1 amide bonds. The van der Waals surface area contributed by atoms with Gasteiger partial charge in [0, 0.05) is 17.1 Å². The zero-order chi connectivity index (χ0) is 23.5. The van der Waals surface area contributed by atoms with E-state index in [-0.39, 0.29) is 17.0 Å². The molecule has 2 N–H and O–H groups in total. The van der Waals surface area contributed by atoms with E-state index < -0.39 is 29.9 Å². The highest BCUT2D eigenvalue weighted by atomic mass is 19.3. The number of hydrogen-bond acceptors (Lipinski definition) is 5. The van der Waals surface area contributed by atoms with Crippen LogP contribution in [0.15, 0.2) is 65.7 Å². The molecule has 0 saturated heterocycles. The minimum absolute atomic E-state index is 0.0824. The molecule has 33 heavy (non-hydrogen) atoms. The van der Waals surface area contributed by atoms with Crippen molar-refractivity contribution in [2.45, 2.75) is 19.6 Å². The molecule has 0 radical (unpaired) electrons. The van der Waals surface area contributed by atoms with Crippen LogP contribution in [0.2, 0.25) is 0 Å². The Hall–Kier alpha value is -4.21. The summed E-state index contributed by atoms with van der Waals surface area (Å²) in [5.74, 6) is -1.08. The fraction of sp³-hybridized carbons (Fsp3) is 0.130. The average Bonchev–Trinajstić information content (AvgIpc) is 2.79. The maximum absolute atomic E-state index is 13.1. The molecule has 0 aliphatic rings. The van der Waals surface area contributed by atoms with Crippen molar-refractivity contribution in [2.24, 2.45) is 0 Å². The number of nitrogens with one attached hydrogen (secondary N) is 2. The minimum atomic E-state index is -2.95. The number of aromatic nitrogens is 3. The normalized spacial score (nSPS) is 12.0. The number of pyridine rings is 3. The predicted octanol–water partition coefficient (Wildman–Crippen LogP) is 4.22. The van der Waals surface area contributed by atoms with Crippen molar-refractivity contribution in [1.29, 1.82) is 0 Å². The van der Waals surface area contributed by atoms with E-state index in [1.165, 1.54) is 36.5 Å². The van der Waals surface area contributed by atoms with Crippen molar-refractivity contribution < 1.29 is 22.7 Å². The molecule has 0 saturated carbocycles. The molecule has 0 aliphatic heterocycles. The molecule has 0 fully saturated rings. The first-order valence-corrected chi connectivity index (χ1v) is 9.81. The second-order valence-electron chi connectivity index (χ2n) is 7.18. The van der Waals surface area contributed by atoms with Gasteiger partial charge in [0.05, 0.1) is 17.9 Å². The number of H-pyrrole nitrogens is 1. The van der Waals surface area contributed by atoms with Gasteiger partial charge in [0.25, 0.3) is 11.5 Å². The fourth-order valence-electron chi connectivity index (χ4n) is 3.23. The Kier molecular flexibility index (Phi) is 6.07. The van der Waals surface area contributed by atoms with Crippen LogP contribution in [0.3, 0.4) is 0 Å². The standard InChI is InChI=1S/C23H17F3N4O3/c1-12(13-2-4-16(24)5-3-13)29-21(31)18-9-14-8-15(10-28-20(14)30-22(18)32)19-7-6-17(11-27-19)33-23(25)26/h2-12,23H,1H3,(H,29,31)(H,28,30,32). The van der Waals surface area contributed by atoms with E-state index in [0.717, 1.165) is 6.20 Å². The van der Waals surface area contributed by atoms with Crippen LogP contribution in [-0.4, -0.2) is 27.5 Å². The molecule has 4 aromatic rings. The molecule has 1 aromatic carbocycles. The number of carbonyl (C=O) groups excluding carboxylic acids is 1. The molecular weight excluding hydrogens is 437 g/mol. The molecule has 3 aromatic heterocycles. The Morgan fingerprint density at radius 3 is 2.48 bits per heavy atom. The first kappa shape index (κ1) is 22.0. The van der Waals surface area contributed by atoms with Crippen molar-refractivity contribution >= 4 is 16.9 Å². The summed E-state index contributed by atoms with van der Waals surface area (Å²) >= 11 is 0. The summed E-state index contributed by atoms with van der Waals surface area (Å²) in [5.41, 5.74) is 1.19. The van der Waals surface area contributed by atoms with Crippen molar-refractivity contribution in [2.75, 3.05) is 0 Å². The topological polar surface area (TPSA) is 97.0 Å². The molecule has 0 spiro atoms. The second-order valence-corrected chi connectivity index (χ2v) is 7.18. The number of nitrogens with zero attached hydrogens (tertiary/aromatic N) is 2. The summed E-state index contributed by atoms with van der Waals surface area (Å²) in [5, 5.41) is 3.19. The van der Waals surface area contributed by atoms with E-state index in [9.17, 15) is 22.8 Å². The first-order valence-electron chi connectivity index (χ1n) is 9.81. The van der Waals surface area contributed by atoms with E-state index in [1.807, 2.05) is 0 Å². The second kappa shape index (κ2) is 9.11. The summed E-state index contributed by atoms with van der Waals surface area (Å²) in [6.07, 6.45) is 2.62. The number of halogens is 3. The Morgan fingerprint density at radius 1 is 1.06 bits per heavy atom. The minimum Gasteiger partial charge on any atom is -0.433 e. The number of rotatable bonds is 6. The van der Waals surface area contributed by atoms with E-state index in [2.05, 4.69) is 25.0 Å². The number of hydrogen-bond donors (Lipinski definition) is 2. The molecule has 3 heterocycles. The van der Waals surface area contributed by atoms with Crippen molar-refractivity contribution in [3.8, 4) is 17.0 Å². The van der Waals surface area contributed by atoms with Crippen LogP contribution in [-0.2, 0) is 0 Å². The van der Waals surface area contributed by atoms with E-state index in [1.54, 1.807) is 25.1 Å². The van der Waals surface area contributed by atoms with E-state index in [0.29, 0.717) is 22.2 Å². The number of ether oxygens (including phenoxy) is 1. The smallest absolute Gasteiger partial charge is 0.387 e.